The maximum Gasteiger partial charge on any atom is 0.335 e. The molecule has 1 amide bonds. The molecule has 1 heterocycles. The van der Waals surface area contributed by atoms with Gasteiger partial charge < -0.3 is 15.4 Å². The molecule has 6 nitrogen and oxygen atoms in total. The Bertz CT molecular complexity index is 1280. The molecule has 36 heavy (non-hydrogen) atoms. The van der Waals surface area contributed by atoms with Crippen LogP contribution in [-0.2, 0) is 6.42 Å². The molecule has 0 atom stereocenters. The summed E-state index contributed by atoms with van der Waals surface area (Å²) in [7, 11) is 0. The molecular formula is C29H30FN3O3. The van der Waals surface area contributed by atoms with Gasteiger partial charge in [-0.3, -0.25) is 4.79 Å². The normalized spacial score (nSPS) is 26.2. The van der Waals surface area contributed by atoms with Gasteiger partial charge in [0, 0.05) is 11.4 Å². The molecule has 0 aliphatic heterocycles. The van der Waals surface area contributed by atoms with Gasteiger partial charge in [-0.2, -0.15) is 0 Å². The van der Waals surface area contributed by atoms with Gasteiger partial charge >= 0.3 is 5.97 Å². The number of hydrogen-bond donors (Lipinski definition) is 3. The second-order valence-corrected chi connectivity index (χ2v) is 11.1. The van der Waals surface area contributed by atoms with Crippen molar-refractivity contribution < 1.29 is 19.1 Å². The van der Waals surface area contributed by atoms with Gasteiger partial charge in [0.15, 0.2) is 0 Å². The van der Waals surface area contributed by atoms with E-state index in [1.807, 2.05) is 0 Å². The van der Waals surface area contributed by atoms with Crippen molar-refractivity contribution in [2.45, 2.75) is 51.4 Å². The monoisotopic (exact) mass is 487 g/mol. The number of aromatic amines is 1. The Balaban J connectivity index is 1.27. The number of benzene rings is 2. The Labute approximate surface area is 209 Å². The van der Waals surface area contributed by atoms with E-state index in [0.717, 1.165) is 29.9 Å². The highest BCUT2D eigenvalue weighted by Crippen LogP contribution is 2.61. The van der Waals surface area contributed by atoms with Crippen LogP contribution >= 0.6 is 0 Å². The third-order valence-electron chi connectivity index (χ3n) is 8.58. The Morgan fingerprint density at radius 3 is 2.25 bits per heavy atom. The molecule has 4 bridgehead atoms. The minimum atomic E-state index is -1.03. The lowest BCUT2D eigenvalue weighted by Gasteiger charge is -2.57. The SMILES string of the molecule is O=C(O)c1ccc(NC(=O)c2nc(-c3ccccc3F)[nH]c2CCC23CC4CC(CC(C4)C2)C3)cc1. The first-order valence-corrected chi connectivity index (χ1v) is 12.9. The van der Waals surface area contributed by atoms with Crippen molar-refractivity contribution >= 4 is 17.6 Å². The summed E-state index contributed by atoms with van der Waals surface area (Å²) in [6.07, 6.45) is 9.69. The maximum absolute atomic E-state index is 14.5. The van der Waals surface area contributed by atoms with Gasteiger partial charge in [-0.25, -0.2) is 14.2 Å². The molecule has 0 unspecified atom stereocenters. The van der Waals surface area contributed by atoms with Crippen molar-refractivity contribution in [2.24, 2.45) is 23.2 Å². The number of aromatic nitrogens is 2. The minimum Gasteiger partial charge on any atom is -0.478 e. The van der Waals surface area contributed by atoms with E-state index < -0.39 is 17.7 Å². The van der Waals surface area contributed by atoms with E-state index in [2.05, 4.69) is 15.3 Å². The summed E-state index contributed by atoms with van der Waals surface area (Å²) < 4.78 is 14.5. The molecule has 3 N–H and O–H groups in total. The molecular weight excluding hydrogens is 457 g/mol. The number of halogens is 1. The predicted molar refractivity (Wildman–Crippen MR) is 134 cm³/mol. The lowest BCUT2D eigenvalue weighted by Crippen LogP contribution is -2.46. The van der Waals surface area contributed by atoms with Crippen LogP contribution in [0.2, 0.25) is 0 Å². The third-order valence-corrected chi connectivity index (χ3v) is 8.58. The first-order valence-electron chi connectivity index (χ1n) is 12.9. The molecule has 4 saturated carbocycles. The quantitative estimate of drug-likeness (QED) is 0.364. The van der Waals surface area contributed by atoms with Gasteiger partial charge in [-0.05, 0) is 111 Å². The molecule has 3 aromatic rings. The number of carboxylic acid groups (broad SMARTS) is 1. The maximum atomic E-state index is 14.5. The second kappa shape index (κ2) is 8.87. The lowest BCUT2D eigenvalue weighted by molar-refractivity contribution is -0.0570. The first kappa shape index (κ1) is 23.0. The molecule has 2 aromatic carbocycles. The zero-order valence-electron chi connectivity index (χ0n) is 20.1. The number of anilines is 1. The summed E-state index contributed by atoms with van der Waals surface area (Å²) in [5, 5.41) is 12.0. The summed E-state index contributed by atoms with van der Waals surface area (Å²) in [6, 6.07) is 12.4. The zero-order chi connectivity index (χ0) is 24.9. The Morgan fingerprint density at radius 2 is 1.64 bits per heavy atom. The number of amides is 1. The lowest BCUT2D eigenvalue weighted by atomic mass is 9.48. The predicted octanol–water partition coefficient (Wildman–Crippen LogP) is 6.32. The average molecular weight is 488 g/mol. The summed E-state index contributed by atoms with van der Waals surface area (Å²) >= 11 is 0. The number of rotatable bonds is 7. The van der Waals surface area contributed by atoms with Crippen molar-refractivity contribution in [1.29, 1.82) is 0 Å². The van der Waals surface area contributed by atoms with E-state index in [4.69, 9.17) is 5.11 Å². The van der Waals surface area contributed by atoms with Crippen LogP contribution < -0.4 is 5.32 Å². The molecule has 7 rings (SSSR count). The van der Waals surface area contributed by atoms with Crippen LogP contribution in [0, 0.1) is 29.0 Å². The molecule has 4 fully saturated rings. The topological polar surface area (TPSA) is 95.1 Å². The van der Waals surface area contributed by atoms with Crippen LogP contribution in [0.25, 0.3) is 11.4 Å². The number of imidazole rings is 1. The number of carbonyl (C=O) groups is 2. The fraction of sp³-hybridized carbons (Fsp3) is 0.414. The van der Waals surface area contributed by atoms with Crippen LogP contribution in [0.1, 0.15) is 71.5 Å². The molecule has 186 valence electrons. The fourth-order valence-electron chi connectivity index (χ4n) is 7.43. The van der Waals surface area contributed by atoms with Crippen molar-refractivity contribution in [3.05, 3.63) is 71.3 Å². The Morgan fingerprint density at radius 1 is 1.00 bits per heavy atom. The number of carbonyl (C=O) groups excluding carboxylic acids is 1. The standard InChI is InChI=1S/C29H30FN3O3/c30-23-4-2-1-3-22(23)26-32-24(9-10-29-14-17-11-18(15-29)13-19(12-17)16-29)25(33-26)27(34)31-21-7-5-20(6-8-21)28(35)36/h1-8,17-19H,9-16H2,(H,31,34)(H,32,33)(H,35,36). The number of nitrogens with one attached hydrogen (secondary N) is 2. The van der Waals surface area contributed by atoms with Crippen LogP contribution in [0.5, 0.6) is 0 Å². The van der Waals surface area contributed by atoms with Gasteiger partial charge in [0.1, 0.15) is 17.3 Å². The summed E-state index contributed by atoms with van der Waals surface area (Å²) in [6.45, 7) is 0. The zero-order valence-corrected chi connectivity index (χ0v) is 20.1. The van der Waals surface area contributed by atoms with Crippen LogP contribution in [0.15, 0.2) is 48.5 Å². The molecule has 4 aliphatic carbocycles. The van der Waals surface area contributed by atoms with Gasteiger partial charge in [0.25, 0.3) is 5.91 Å². The number of aryl methyl sites for hydroxylation is 1. The van der Waals surface area contributed by atoms with E-state index in [0.29, 0.717) is 28.9 Å². The number of aromatic carboxylic acids is 1. The van der Waals surface area contributed by atoms with E-state index in [1.54, 1.807) is 30.3 Å². The molecule has 0 spiro atoms. The number of nitrogens with zero attached hydrogens (tertiary/aromatic N) is 1. The number of H-pyrrole nitrogens is 1. The first-order chi connectivity index (χ1) is 17.4. The highest BCUT2D eigenvalue weighted by molar-refractivity contribution is 6.04. The van der Waals surface area contributed by atoms with E-state index in [9.17, 15) is 14.0 Å². The smallest absolute Gasteiger partial charge is 0.335 e. The number of hydrogen-bond acceptors (Lipinski definition) is 3. The minimum absolute atomic E-state index is 0.144. The highest BCUT2D eigenvalue weighted by Gasteiger charge is 2.50. The number of carboxylic acids is 1. The third kappa shape index (κ3) is 4.31. The molecule has 4 aliphatic rings. The average Bonchev–Trinajstić information content (AvgIpc) is 3.27. The summed E-state index contributed by atoms with van der Waals surface area (Å²) in [5.41, 5.74) is 2.29. The van der Waals surface area contributed by atoms with Crippen LogP contribution in [0.3, 0.4) is 0 Å². The summed E-state index contributed by atoms with van der Waals surface area (Å²) in [4.78, 5) is 32.3. The second-order valence-electron chi connectivity index (χ2n) is 11.1. The molecule has 0 radical (unpaired) electrons. The van der Waals surface area contributed by atoms with Gasteiger partial charge in [0.05, 0.1) is 11.1 Å². The van der Waals surface area contributed by atoms with Crippen molar-refractivity contribution in [3.63, 3.8) is 0 Å². The molecule has 0 saturated heterocycles. The van der Waals surface area contributed by atoms with Crippen molar-refractivity contribution in [3.8, 4) is 11.4 Å². The fourth-order valence-corrected chi connectivity index (χ4v) is 7.43. The van der Waals surface area contributed by atoms with Gasteiger partial charge in [0.2, 0.25) is 0 Å². The summed E-state index contributed by atoms with van der Waals surface area (Å²) in [5.74, 6) is 1.09. The van der Waals surface area contributed by atoms with Crippen molar-refractivity contribution in [2.75, 3.05) is 5.32 Å². The van der Waals surface area contributed by atoms with Crippen molar-refractivity contribution in [1.82, 2.24) is 9.97 Å². The van der Waals surface area contributed by atoms with Gasteiger partial charge in [-0.15, -0.1) is 0 Å². The van der Waals surface area contributed by atoms with Gasteiger partial charge in [-0.1, -0.05) is 12.1 Å². The van der Waals surface area contributed by atoms with Crippen LogP contribution in [-0.4, -0.2) is 27.0 Å². The molecule has 1 aromatic heterocycles. The van der Waals surface area contributed by atoms with E-state index in [1.165, 1.54) is 56.7 Å². The van der Waals surface area contributed by atoms with Crippen LogP contribution in [0.4, 0.5) is 10.1 Å². The largest absolute Gasteiger partial charge is 0.478 e. The highest BCUT2D eigenvalue weighted by atomic mass is 19.1. The van der Waals surface area contributed by atoms with E-state index >= 15 is 0 Å². The Kier molecular flexibility index (Phi) is 5.66. The molecule has 7 heteroatoms. The van der Waals surface area contributed by atoms with E-state index in [-0.39, 0.29) is 11.3 Å². The Hall–Kier alpha value is -3.48.